The number of aryl methyl sites for hydroxylation is 1. The molecule has 0 aliphatic heterocycles. The molecule has 0 saturated heterocycles. The summed E-state index contributed by atoms with van der Waals surface area (Å²) >= 11 is 0. The molecule has 3 N–H and O–H groups in total. The van der Waals surface area contributed by atoms with E-state index in [-0.39, 0.29) is 18.2 Å². The van der Waals surface area contributed by atoms with Gasteiger partial charge < -0.3 is 10.8 Å². The second kappa shape index (κ2) is 5.43. The smallest absolute Gasteiger partial charge is 0.0639 e. The van der Waals surface area contributed by atoms with Gasteiger partial charge in [0, 0.05) is 31.4 Å². The van der Waals surface area contributed by atoms with Crippen molar-refractivity contribution in [2.75, 3.05) is 13.6 Å². The van der Waals surface area contributed by atoms with Crippen LogP contribution in [0.25, 0.3) is 0 Å². The minimum absolute atomic E-state index is 0.00653. The first-order valence-electron chi connectivity index (χ1n) is 5.54. The lowest BCUT2D eigenvalue weighted by molar-refractivity contribution is 0.110. The van der Waals surface area contributed by atoms with Crippen molar-refractivity contribution in [3.8, 4) is 0 Å². The number of aliphatic hydroxyl groups is 1. The minimum Gasteiger partial charge on any atom is -0.392 e. The van der Waals surface area contributed by atoms with E-state index in [0.717, 1.165) is 5.56 Å². The maximum absolute atomic E-state index is 9.40. The number of aliphatic hydroxyl groups excluding tert-OH is 1. The molecule has 16 heavy (non-hydrogen) atoms. The predicted octanol–water partition coefficient (Wildman–Crippen LogP) is 0.121. The Balaban J connectivity index is 2.82. The molecular formula is C11H22N4O. The van der Waals surface area contributed by atoms with Crippen LogP contribution in [0, 0.1) is 0 Å². The van der Waals surface area contributed by atoms with Crippen LogP contribution in [0.2, 0.25) is 0 Å². The SMILES string of the molecule is CC(O)CN(C)C(c1cnn(C)c1)C(C)N. The average Bonchev–Trinajstić information content (AvgIpc) is 2.49. The number of aromatic nitrogens is 2. The van der Waals surface area contributed by atoms with Crippen molar-refractivity contribution in [3.63, 3.8) is 0 Å². The lowest BCUT2D eigenvalue weighted by Gasteiger charge is -2.31. The Labute approximate surface area is 96.9 Å². The molecule has 1 rings (SSSR count). The van der Waals surface area contributed by atoms with Crippen LogP contribution in [0.1, 0.15) is 25.5 Å². The number of nitrogens with two attached hydrogens (primary N) is 1. The molecule has 1 aromatic rings. The van der Waals surface area contributed by atoms with E-state index in [9.17, 15) is 5.11 Å². The van der Waals surface area contributed by atoms with Gasteiger partial charge in [0.05, 0.1) is 18.3 Å². The average molecular weight is 226 g/mol. The summed E-state index contributed by atoms with van der Waals surface area (Å²) in [5.74, 6) is 0. The zero-order chi connectivity index (χ0) is 12.3. The number of rotatable bonds is 5. The van der Waals surface area contributed by atoms with E-state index in [0.29, 0.717) is 6.54 Å². The summed E-state index contributed by atoms with van der Waals surface area (Å²) in [6.45, 7) is 4.34. The molecular weight excluding hydrogens is 204 g/mol. The Hall–Kier alpha value is -0.910. The molecule has 0 radical (unpaired) electrons. The van der Waals surface area contributed by atoms with Gasteiger partial charge in [0.15, 0.2) is 0 Å². The molecule has 5 heteroatoms. The van der Waals surface area contributed by atoms with E-state index in [2.05, 4.69) is 10.00 Å². The van der Waals surface area contributed by atoms with Crippen LogP contribution in [-0.2, 0) is 7.05 Å². The molecule has 3 unspecified atom stereocenters. The van der Waals surface area contributed by atoms with Crippen molar-refractivity contribution < 1.29 is 5.11 Å². The lowest BCUT2D eigenvalue weighted by atomic mass is 10.0. The summed E-state index contributed by atoms with van der Waals surface area (Å²) in [5, 5.41) is 13.6. The Kier molecular flexibility index (Phi) is 4.46. The normalized spacial score (nSPS) is 17.4. The monoisotopic (exact) mass is 226 g/mol. The second-order valence-corrected chi connectivity index (χ2v) is 4.54. The van der Waals surface area contributed by atoms with Crippen molar-refractivity contribution >= 4 is 0 Å². The number of likely N-dealkylation sites (N-methyl/N-ethyl adjacent to an activating group) is 1. The summed E-state index contributed by atoms with van der Waals surface area (Å²) in [6.07, 6.45) is 3.43. The fourth-order valence-electron chi connectivity index (χ4n) is 2.08. The van der Waals surface area contributed by atoms with Crippen LogP contribution >= 0.6 is 0 Å². The molecule has 0 fully saturated rings. The van der Waals surface area contributed by atoms with Gasteiger partial charge in [-0.25, -0.2) is 0 Å². The van der Waals surface area contributed by atoms with Crippen LogP contribution in [0.3, 0.4) is 0 Å². The zero-order valence-electron chi connectivity index (χ0n) is 10.5. The van der Waals surface area contributed by atoms with Crippen molar-refractivity contribution in [2.24, 2.45) is 12.8 Å². The highest BCUT2D eigenvalue weighted by Crippen LogP contribution is 2.21. The maximum atomic E-state index is 9.40. The van der Waals surface area contributed by atoms with Crippen molar-refractivity contribution in [1.82, 2.24) is 14.7 Å². The van der Waals surface area contributed by atoms with Crippen LogP contribution < -0.4 is 5.73 Å². The topological polar surface area (TPSA) is 67.3 Å². The molecule has 5 nitrogen and oxygen atoms in total. The minimum atomic E-state index is -0.358. The summed E-state index contributed by atoms with van der Waals surface area (Å²) in [4.78, 5) is 2.06. The summed E-state index contributed by atoms with van der Waals surface area (Å²) < 4.78 is 1.76. The van der Waals surface area contributed by atoms with Gasteiger partial charge in [0.25, 0.3) is 0 Å². The molecule has 0 saturated carbocycles. The fraction of sp³-hybridized carbons (Fsp3) is 0.727. The lowest BCUT2D eigenvalue weighted by Crippen LogP contribution is -2.40. The first kappa shape index (κ1) is 13.2. The highest BCUT2D eigenvalue weighted by atomic mass is 16.3. The Morgan fingerprint density at radius 3 is 2.56 bits per heavy atom. The summed E-state index contributed by atoms with van der Waals surface area (Å²) in [5.41, 5.74) is 7.08. The third-order valence-corrected chi connectivity index (χ3v) is 2.59. The van der Waals surface area contributed by atoms with E-state index < -0.39 is 0 Å². The molecule has 0 aliphatic carbocycles. The van der Waals surface area contributed by atoms with Gasteiger partial charge in [-0.1, -0.05) is 0 Å². The Bertz CT molecular complexity index is 322. The van der Waals surface area contributed by atoms with Gasteiger partial charge in [0.1, 0.15) is 0 Å². The number of hydrogen-bond acceptors (Lipinski definition) is 4. The van der Waals surface area contributed by atoms with E-state index in [1.165, 1.54) is 0 Å². The van der Waals surface area contributed by atoms with E-state index in [4.69, 9.17) is 5.73 Å². The molecule has 1 aromatic heterocycles. The third-order valence-electron chi connectivity index (χ3n) is 2.59. The van der Waals surface area contributed by atoms with Crippen molar-refractivity contribution in [2.45, 2.75) is 32.0 Å². The fourth-order valence-corrected chi connectivity index (χ4v) is 2.08. The molecule has 3 atom stereocenters. The molecule has 0 aromatic carbocycles. The first-order valence-corrected chi connectivity index (χ1v) is 5.54. The predicted molar refractivity (Wildman–Crippen MR) is 63.9 cm³/mol. The number of nitrogens with zero attached hydrogens (tertiary/aromatic N) is 3. The molecule has 0 spiro atoms. The highest BCUT2D eigenvalue weighted by molar-refractivity contribution is 5.12. The van der Waals surface area contributed by atoms with Crippen LogP contribution in [0.4, 0.5) is 0 Å². The van der Waals surface area contributed by atoms with E-state index >= 15 is 0 Å². The van der Waals surface area contributed by atoms with Gasteiger partial charge in [-0.2, -0.15) is 5.10 Å². The third kappa shape index (κ3) is 3.30. The maximum Gasteiger partial charge on any atom is 0.0639 e. The van der Waals surface area contributed by atoms with E-state index in [1.54, 1.807) is 11.6 Å². The van der Waals surface area contributed by atoms with Gasteiger partial charge in [-0.05, 0) is 20.9 Å². The number of hydrogen-bond donors (Lipinski definition) is 2. The molecule has 92 valence electrons. The highest BCUT2D eigenvalue weighted by Gasteiger charge is 2.23. The van der Waals surface area contributed by atoms with Gasteiger partial charge in [-0.15, -0.1) is 0 Å². The Morgan fingerprint density at radius 2 is 2.19 bits per heavy atom. The molecule has 0 amide bonds. The van der Waals surface area contributed by atoms with Gasteiger partial charge in [-0.3, -0.25) is 9.58 Å². The van der Waals surface area contributed by atoms with Gasteiger partial charge >= 0.3 is 0 Å². The van der Waals surface area contributed by atoms with Gasteiger partial charge in [0.2, 0.25) is 0 Å². The second-order valence-electron chi connectivity index (χ2n) is 4.54. The van der Waals surface area contributed by atoms with Crippen molar-refractivity contribution in [1.29, 1.82) is 0 Å². The summed E-state index contributed by atoms with van der Waals surface area (Å²) in [6, 6.07) is 0.0799. The quantitative estimate of drug-likeness (QED) is 0.748. The molecule has 0 aliphatic rings. The molecule has 0 bridgehead atoms. The summed E-state index contributed by atoms with van der Waals surface area (Å²) in [7, 11) is 3.85. The van der Waals surface area contributed by atoms with Crippen molar-refractivity contribution in [3.05, 3.63) is 18.0 Å². The van der Waals surface area contributed by atoms with Crippen LogP contribution in [0.15, 0.2) is 12.4 Å². The Morgan fingerprint density at radius 1 is 1.56 bits per heavy atom. The zero-order valence-corrected chi connectivity index (χ0v) is 10.5. The standard InChI is InChI=1S/C11H22N4O/c1-8(16)6-14(3)11(9(2)12)10-5-13-15(4)7-10/h5,7-9,11,16H,6,12H2,1-4H3. The first-order chi connectivity index (χ1) is 7.41. The van der Waals surface area contributed by atoms with Crippen LogP contribution in [0.5, 0.6) is 0 Å². The van der Waals surface area contributed by atoms with Crippen LogP contribution in [-0.4, -0.2) is 45.5 Å². The van der Waals surface area contributed by atoms with E-state index in [1.807, 2.05) is 33.4 Å². The largest absolute Gasteiger partial charge is 0.392 e. The molecule has 1 heterocycles.